The first-order valence-electron chi connectivity index (χ1n) is 7.43. The molecule has 2 atom stereocenters. The fourth-order valence-corrected chi connectivity index (χ4v) is 3.50. The van der Waals surface area contributed by atoms with E-state index in [1.165, 1.54) is 45.1 Å². The van der Waals surface area contributed by atoms with Crippen LogP contribution in [0.1, 0.15) is 59.3 Å². The summed E-state index contributed by atoms with van der Waals surface area (Å²) in [6.45, 7) is 9.15. The van der Waals surface area contributed by atoms with Gasteiger partial charge in [-0.1, -0.05) is 33.6 Å². The molecule has 2 rings (SSSR count). The van der Waals surface area contributed by atoms with Crippen LogP contribution in [0.25, 0.3) is 0 Å². The average molecular weight is 238 g/mol. The Morgan fingerprint density at radius 3 is 2.47 bits per heavy atom. The van der Waals surface area contributed by atoms with Gasteiger partial charge in [0.25, 0.3) is 0 Å². The van der Waals surface area contributed by atoms with Crippen LogP contribution in [-0.2, 0) is 0 Å². The van der Waals surface area contributed by atoms with Crippen LogP contribution in [0.3, 0.4) is 0 Å². The standard InChI is InChI=1S/C15H30N2/c1-12-10-14(2,3)7-8-15(12,11-16)17-9-6-13-4-5-13/h12-13,17H,4-11,16H2,1-3H3. The molecule has 0 saturated heterocycles. The molecule has 0 heterocycles. The first-order chi connectivity index (χ1) is 7.97. The van der Waals surface area contributed by atoms with Crippen LogP contribution in [0.15, 0.2) is 0 Å². The Kier molecular flexibility index (Phi) is 3.84. The number of rotatable bonds is 5. The molecule has 2 fully saturated rings. The zero-order chi connectivity index (χ0) is 12.5. The molecule has 0 aromatic rings. The Hall–Kier alpha value is -0.0800. The molecule has 100 valence electrons. The molecular formula is C15H30N2. The van der Waals surface area contributed by atoms with Gasteiger partial charge < -0.3 is 11.1 Å². The summed E-state index contributed by atoms with van der Waals surface area (Å²) in [4.78, 5) is 0. The SMILES string of the molecule is CC1CC(C)(C)CCC1(CN)NCCC1CC1. The summed E-state index contributed by atoms with van der Waals surface area (Å²) in [7, 11) is 0. The van der Waals surface area contributed by atoms with E-state index < -0.39 is 0 Å². The smallest absolute Gasteiger partial charge is 0.0330 e. The van der Waals surface area contributed by atoms with Gasteiger partial charge in [0, 0.05) is 12.1 Å². The normalized spacial score (nSPS) is 37.1. The van der Waals surface area contributed by atoms with Gasteiger partial charge in [-0.2, -0.15) is 0 Å². The first kappa shape index (κ1) is 13.4. The predicted octanol–water partition coefficient (Wildman–Crippen LogP) is 2.92. The van der Waals surface area contributed by atoms with Crippen LogP contribution >= 0.6 is 0 Å². The predicted molar refractivity (Wildman–Crippen MR) is 73.9 cm³/mol. The van der Waals surface area contributed by atoms with Crippen LogP contribution in [-0.4, -0.2) is 18.6 Å². The van der Waals surface area contributed by atoms with Gasteiger partial charge in [-0.15, -0.1) is 0 Å². The van der Waals surface area contributed by atoms with Crippen molar-refractivity contribution in [3.05, 3.63) is 0 Å². The summed E-state index contributed by atoms with van der Waals surface area (Å²) >= 11 is 0. The molecule has 2 aliphatic carbocycles. The van der Waals surface area contributed by atoms with E-state index in [0.29, 0.717) is 11.3 Å². The van der Waals surface area contributed by atoms with Crippen LogP contribution in [0.2, 0.25) is 0 Å². The van der Waals surface area contributed by atoms with Crippen molar-refractivity contribution >= 4 is 0 Å². The maximum absolute atomic E-state index is 6.09. The van der Waals surface area contributed by atoms with Gasteiger partial charge >= 0.3 is 0 Å². The van der Waals surface area contributed by atoms with Gasteiger partial charge in [0.2, 0.25) is 0 Å². The lowest BCUT2D eigenvalue weighted by Gasteiger charge is -2.48. The molecule has 3 N–H and O–H groups in total. The molecule has 0 spiro atoms. The quantitative estimate of drug-likeness (QED) is 0.773. The van der Waals surface area contributed by atoms with E-state index >= 15 is 0 Å². The molecule has 0 aromatic heterocycles. The van der Waals surface area contributed by atoms with Gasteiger partial charge in [0.15, 0.2) is 0 Å². The van der Waals surface area contributed by atoms with E-state index in [4.69, 9.17) is 5.73 Å². The van der Waals surface area contributed by atoms with E-state index in [9.17, 15) is 0 Å². The molecule has 0 aliphatic heterocycles. The van der Waals surface area contributed by atoms with Gasteiger partial charge in [0.1, 0.15) is 0 Å². The summed E-state index contributed by atoms with van der Waals surface area (Å²) < 4.78 is 0. The van der Waals surface area contributed by atoms with E-state index in [2.05, 4.69) is 26.1 Å². The molecule has 0 amide bonds. The van der Waals surface area contributed by atoms with Crippen molar-refractivity contribution in [1.29, 1.82) is 0 Å². The van der Waals surface area contributed by atoms with Gasteiger partial charge in [-0.3, -0.25) is 0 Å². The minimum atomic E-state index is 0.227. The van der Waals surface area contributed by atoms with Crippen LogP contribution in [0, 0.1) is 17.3 Å². The van der Waals surface area contributed by atoms with Crippen LogP contribution in [0.4, 0.5) is 0 Å². The highest BCUT2D eigenvalue weighted by molar-refractivity contribution is 5.00. The molecule has 2 unspecified atom stereocenters. The van der Waals surface area contributed by atoms with Crippen LogP contribution in [0.5, 0.6) is 0 Å². The highest BCUT2D eigenvalue weighted by Crippen LogP contribution is 2.43. The molecular weight excluding hydrogens is 208 g/mol. The van der Waals surface area contributed by atoms with Crippen molar-refractivity contribution in [3.8, 4) is 0 Å². The van der Waals surface area contributed by atoms with Gasteiger partial charge in [-0.05, 0) is 49.5 Å². The highest BCUT2D eigenvalue weighted by atomic mass is 15.0. The van der Waals surface area contributed by atoms with Crippen LogP contribution < -0.4 is 11.1 Å². The minimum Gasteiger partial charge on any atom is -0.329 e. The monoisotopic (exact) mass is 238 g/mol. The summed E-state index contributed by atoms with van der Waals surface area (Å²) in [6.07, 6.45) is 8.14. The van der Waals surface area contributed by atoms with Crippen molar-refractivity contribution < 1.29 is 0 Å². The maximum Gasteiger partial charge on any atom is 0.0330 e. The Bertz CT molecular complexity index is 258. The lowest BCUT2D eigenvalue weighted by molar-refractivity contribution is 0.0787. The highest BCUT2D eigenvalue weighted by Gasteiger charge is 2.42. The second-order valence-corrected chi connectivity index (χ2v) is 7.29. The van der Waals surface area contributed by atoms with E-state index in [0.717, 1.165) is 12.5 Å². The Labute approximate surface area is 107 Å². The fraction of sp³-hybridized carbons (Fsp3) is 1.00. The molecule has 2 saturated carbocycles. The summed E-state index contributed by atoms with van der Waals surface area (Å²) in [5.41, 5.74) is 6.82. The average Bonchev–Trinajstić information content (AvgIpc) is 3.05. The summed E-state index contributed by atoms with van der Waals surface area (Å²) in [5.74, 6) is 1.73. The third-order valence-electron chi connectivity index (χ3n) is 5.14. The molecule has 2 aliphatic rings. The second kappa shape index (κ2) is 4.89. The maximum atomic E-state index is 6.09. The summed E-state index contributed by atoms with van der Waals surface area (Å²) in [5, 5.41) is 3.82. The van der Waals surface area contributed by atoms with E-state index in [-0.39, 0.29) is 5.54 Å². The fourth-order valence-electron chi connectivity index (χ4n) is 3.50. The summed E-state index contributed by atoms with van der Waals surface area (Å²) in [6, 6.07) is 0. The van der Waals surface area contributed by atoms with E-state index in [1.54, 1.807) is 0 Å². The number of nitrogens with one attached hydrogen (secondary N) is 1. The Morgan fingerprint density at radius 1 is 1.24 bits per heavy atom. The second-order valence-electron chi connectivity index (χ2n) is 7.29. The lowest BCUT2D eigenvalue weighted by atomic mass is 9.64. The molecule has 2 nitrogen and oxygen atoms in total. The Morgan fingerprint density at radius 2 is 1.94 bits per heavy atom. The zero-order valence-electron chi connectivity index (χ0n) is 11.9. The van der Waals surface area contributed by atoms with Crippen molar-refractivity contribution in [2.45, 2.75) is 64.8 Å². The number of hydrogen-bond acceptors (Lipinski definition) is 2. The van der Waals surface area contributed by atoms with Gasteiger partial charge in [0.05, 0.1) is 0 Å². The van der Waals surface area contributed by atoms with E-state index in [1.807, 2.05) is 0 Å². The topological polar surface area (TPSA) is 38.0 Å². The number of hydrogen-bond donors (Lipinski definition) is 2. The molecule has 0 radical (unpaired) electrons. The molecule has 2 heteroatoms. The third kappa shape index (κ3) is 3.23. The largest absolute Gasteiger partial charge is 0.329 e. The minimum absolute atomic E-state index is 0.227. The lowest BCUT2D eigenvalue weighted by Crippen LogP contribution is -2.59. The van der Waals surface area contributed by atoms with Gasteiger partial charge in [-0.25, -0.2) is 0 Å². The van der Waals surface area contributed by atoms with Crippen molar-refractivity contribution in [1.82, 2.24) is 5.32 Å². The zero-order valence-corrected chi connectivity index (χ0v) is 11.9. The first-order valence-corrected chi connectivity index (χ1v) is 7.43. The molecule has 0 aromatic carbocycles. The van der Waals surface area contributed by atoms with Crippen molar-refractivity contribution in [2.24, 2.45) is 23.0 Å². The van der Waals surface area contributed by atoms with Crippen molar-refractivity contribution in [2.75, 3.05) is 13.1 Å². The third-order valence-corrected chi connectivity index (χ3v) is 5.14. The Balaban J connectivity index is 1.88. The molecule has 17 heavy (non-hydrogen) atoms. The van der Waals surface area contributed by atoms with Crippen molar-refractivity contribution in [3.63, 3.8) is 0 Å². The molecule has 0 bridgehead atoms. The number of nitrogens with two attached hydrogens (primary N) is 1.